The molecular weight excluding hydrogens is 258 g/mol. The minimum absolute atomic E-state index is 0.0870. The Morgan fingerprint density at radius 2 is 1.76 bits per heavy atom. The number of hydrogen-bond donors (Lipinski definition) is 1. The first-order valence-electron chi connectivity index (χ1n) is 7.76. The van der Waals surface area contributed by atoms with Crippen molar-refractivity contribution in [1.29, 1.82) is 0 Å². The number of aryl methyl sites for hydroxylation is 1. The Labute approximate surface area is 127 Å². The lowest BCUT2D eigenvalue weighted by Gasteiger charge is -2.32. The van der Waals surface area contributed by atoms with Crippen molar-refractivity contribution in [2.75, 3.05) is 7.05 Å². The highest BCUT2D eigenvalue weighted by Crippen LogP contribution is 2.33. The average molecular weight is 281 g/mol. The van der Waals surface area contributed by atoms with Crippen LogP contribution in [0.2, 0.25) is 0 Å². The van der Waals surface area contributed by atoms with E-state index in [2.05, 4.69) is 60.5 Å². The Morgan fingerprint density at radius 1 is 1.05 bits per heavy atom. The second-order valence-electron chi connectivity index (χ2n) is 6.00. The van der Waals surface area contributed by atoms with Crippen LogP contribution in [0.1, 0.15) is 35.6 Å². The lowest BCUT2D eigenvalue weighted by Crippen LogP contribution is -2.33. The maximum absolute atomic E-state index is 10.6. The molecule has 1 aliphatic carbocycles. The zero-order valence-corrected chi connectivity index (χ0v) is 12.6. The quantitative estimate of drug-likeness (QED) is 0.870. The van der Waals surface area contributed by atoms with Crippen LogP contribution in [-0.2, 0) is 13.0 Å². The maximum atomic E-state index is 10.6. The van der Waals surface area contributed by atoms with Crippen molar-refractivity contribution in [2.24, 2.45) is 0 Å². The van der Waals surface area contributed by atoms with Crippen molar-refractivity contribution in [3.63, 3.8) is 0 Å². The molecule has 110 valence electrons. The van der Waals surface area contributed by atoms with Crippen LogP contribution in [0.4, 0.5) is 0 Å². The van der Waals surface area contributed by atoms with Crippen LogP contribution in [0.3, 0.4) is 0 Å². The summed E-state index contributed by atoms with van der Waals surface area (Å²) in [6.45, 7) is 0.858. The van der Waals surface area contributed by atoms with Gasteiger partial charge in [0.05, 0.1) is 12.1 Å². The van der Waals surface area contributed by atoms with E-state index in [4.69, 9.17) is 0 Å². The van der Waals surface area contributed by atoms with Gasteiger partial charge in [-0.3, -0.25) is 4.90 Å². The summed E-state index contributed by atoms with van der Waals surface area (Å²) in [6.07, 6.45) is 2.72. The van der Waals surface area contributed by atoms with Gasteiger partial charge in [-0.1, -0.05) is 54.6 Å². The number of aliphatic hydroxyl groups excluding tert-OH is 1. The van der Waals surface area contributed by atoms with Gasteiger partial charge in [0, 0.05) is 6.54 Å². The van der Waals surface area contributed by atoms with Gasteiger partial charge < -0.3 is 5.11 Å². The highest BCUT2D eigenvalue weighted by Gasteiger charge is 2.29. The second-order valence-corrected chi connectivity index (χ2v) is 6.00. The van der Waals surface area contributed by atoms with E-state index in [-0.39, 0.29) is 12.1 Å². The Morgan fingerprint density at radius 3 is 2.57 bits per heavy atom. The molecule has 2 unspecified atom stereocenters. The van der Waals surface area contributed by atoms with Gasteiger partial charge >= 0.3 is 0 Å². The van der Waals surface area contributed by atoms with Gasteiger partial charge in [-0.05, 0) is 43.0 Å². The third kappa shape index (κ3) is 3.17. The molecule has 0 heterocycles. The highest BCUT2D eigenvalue weighted by atomic mass is 16.3. The molecule has 0 bridgehead atoms. The maximum Gasteiger partial charge on any atom is 0.0737 e. The van der Waals surface area contributed by atoms with E-state index in [1.165, 1.54) is 16.7 Å². The monoisotopic (exact) mass is 281 g/mol. The van der Waals surface area contributed by atoms with E-state index in [0.29, 0.717) is 0 Å². The molecule has 0 saturated carbocycles. The van der Waals surface area contributed by atoms with Crippen molar-refractivity contribution in [2.45, 2.75) is 38.0 Å². The van der Waals surface area contributed by atoms with Crippen LogP contribution >= 0.6 is 0 Å². The fourth-order valence-electron chi connectivity index (χ4n) is 3.42. The summed E-state index contributed by atoms with van der Waals surface area (Å²) < 4.78 is 0. The van der Waals surface area contributed by atoms with Crippen LogP contribution in [-0.4, -0.2) is 23.2 Å². The fourth-order valence-corrected chi connectivity index (χ4v) is 3.42. The SMILES string of the molecule is CN(Cc1ccccc1)C1c2ccccc2CCCC1O. The first kappa shape index (κ1) is 14.3. The predicted molar refractivity (Wildman–Crippen MR) is 86.0 cm³/mol. The van der Waals surface area contributed by atoms with Gasteiger partial charge in [-0.25, -0.2) is 0 Å². The first-order valence-corrected chi connectivity index (χ1v) is 7.76. The molecule has 2 atom stereocenters. The van der Waals surface area contributed by atoms with Gasteiger partial charge in [0.15, 0.2) is 0 Å². The van der Waals surface area contributed by atoms with E-state index in [1.807, 2.05) is 6.07 Å². The Kier molecular flexibility index (Phi) is 4.37. The summed E-state index contributed by atoms with van der Waals surface area (Å²) in [4.78, 5) is 2.28. The average Bonchev–Trinajstić information content (AvgIpc) is 2.66. The molecule has 0 spiro atoms. The molecule has 2 aromatic rings. The number of rotatable bonds is 3. The Hall–Kier alpha value is -1.64. The van der Waals surface area contributed by atoms with E-state index < -0.39 is 0 Å². The molecule has 0 aliphatic heterocycles. The molecular formula is C19H23NO. The molecule has 2 heteroatoms. The molecule has 0 amide bonds. The molecule has 2 nitrogen and oxygen atoms in total. The minimum Gasteiger partial charge on any atom is -0.391 e. The molecule has 1 aliphatic rings. The summed E-state index contributed by atoms with van der Waals surface area (Å²) in [5.74, 6) is 0. The number of fused-ring (bicyclic) bond motifs is 1. The standard InChI is InChI=1S/C19H23NO/c1-20(14-15-8-3-2-4-9-15)19-17-12-6-5-10-16(17)11-7-13-18(19)21/h2-6,8-10,12,18-19,21H,7,11,13-14H2,1H3. The van der Waals surface area contributed by atoms with Crippen LogP contribution in [0.25, 0.3) is 0 Å². The van der Waals surface area contributed by atoms with Gasteiger partial charge in [-0.15, -0.1) is 0 Å². The van der Waals surface area contributed by atoms with Crippen LogP contribution in [0.15, 0.2) is 54.6 Å². The van der Waals surface area contributed by atoms with E-state index in [9.17, 15) is 5.11 Å². The normalized spacial score (nSPS) is 21.9. The zero-order chi connectivity index (χ0) is 14.7. The molecule has 2 aromatic carbocycles. The first-order chi connectivity index (χ1) is 10.3. The number of aliphatic hydroxyl groups is 1. The number of benzene rings is 2. The van der Waals surface area contributed by atoms with Crippen LogP contribution < -0.4 is 0 Å². The minimum atomic E-state index is -0.289. The number of hydrogen-bond acceptors (Lipinski definition) is 2. The van der Waals surface area contributed by atoms with Crippen molar-refractivity contribution >= 4 is 0 Å². The predicted octanol–water partition coefficient (Wildman–Crippen LogP) is 3.56. The largest absolute Gasteiger partial charge is 0.391 e. The van der Waals surface area contributed by atoms with E-state index >= 15 is 0 Å². The van der Waals surface area contributed by atoms with Crippen molar-refractivity contribution in [1.82, 2.24) is 4.90 Å². The highest BCUT2D eigenvalue weighted by molar-refractivity contribution is 5.32. The smallest absolute Gasteiger partial charge is 0.0737 e. The van der Waals surface area contributed by atoms with Crippen molar-refractivity contribution < 1.29 is 5.11 Å². The topological polar surface area (TPSA) is 23.5 Å². The summed E-state index contributed by atoms with van der Waals surface area (Å²) in [5.41, 5.74) is 3.97. The third-order valence-electron chi connectivity index (χ3n) is 4.43. The third-order valence-corrected chi connectivity index (χ3v) is 4.43. The fraction of sp³-hybridized carbons (Fsp3) is 0.368. The lowest BCUT2D eigenvalue weighted by molar-refractivity contribution is 0.0542. The van der Waals surface area contributed by atoms with Gasteiger partial charge in [0.2, 0.25) is 0 Å². The Balaban J connectivity index is 1.88. The van der Waals surface area contributed by atoms with Crippen molar-refractivity contribution in [3.05, 3.63) is 71.3 Å². The second kappa shape index (κ2) is 6.42. The van der Waals surface area contributed by atoms with Crippen LogP contribution in [0.5, 0.6) is 0 Å². The molecule has 0 fully saturated rings. The van der Waals surface area contributed by atoms with Gasteiger partial charge in [0.25, 0.3) is 0 Å². The Bertz CT molecular complexity index is 581. The molecule has 0 aromatic heterocycles. The molecule has 0 radical (unpaired) electrons. The zero-order valence-electron chi connectivity index (χ0n) is 12.6. The van der Waals surface area contributed by atoms with Crippen LogP contribution in [0, 0.1) is 0 Å². The summed E-state index contributed by atoms with van der Waals surface area (Å²) >= 11 is 0. The van der Waals surface area contributed by atoms with E-state index in [0.717, 1.165) is 25.8 Å². The van der Waals surface area contributed by atoms with Gasteiger partial charge in [0.1, 0.15) is 0 Å². The summed E-state index contributed by atoms with van der Waals surface area (Å²) in [5, 5.41) is 10.6. The molecule has 21 heavy (non-hydrogen) atoms. The molecule has 0 saturated heterocycles. The molecule has 3 rings (SSSR count). The number of nitrogens with zero attached hydrogens (tertiary/aromatic N) is 1. The lowest BCUT2D eigenvalue weighted by atomic mass is 9.96. The summed E-state index contributed by atoms with van der Waals surface area (Å²) in [6, 6.07) is 19.1. The van der Waals surface area contributed by atoms with Gasteiger partial charge in [-0.2, -0.15) is 0 Å². The summed E-state index contributed by atoms with van der Waals surface area (Å²) in [7, 11) is 2.11. The number of likely N-dealkylation sites (N-methyl/N-ethyl adjacent to an activating group) is 1. The molecule has 1 N–H and O–H groups in total. The van der Waals surface area contributed by atoms with Crippen molar-refractivity contribution in [3.8, 4) is 0 Å². The van der Waals surface area contributed by atoms with E-state index in [1.54, 1.807) is 0 Å².